The van der Waals surface area contributed by atoms with Crippen molar-refractivity contribution in [1.29, 1.82) is 0 Å². The Labute approximate surface area is 166 Å². The highest BCUT2D eigenvalue weighted by atomic mass is 16.8. The highest BCUT2D eigenvalue weighted by Gasteiger charge is 2.60. The third-order valence-corrected chi connectivity index (χ3v) is 5.39. The summed E-state index contributed by atoms with van der Waals surface area (Å²) in [5.41, 5.74) is 1.04. The Bertz CT molecular complexity index is 639. The van der Waals surface area contributed by atoms with Gasteiger partial charge in [0.15, 0.2) is 6.29 Å². The maximum Gasteiger partial charge on any atom is 0.220 e. The number of benzene rings is 1. The van der Waals surface area contributed by atoms with Gasteiger partial charge in [-0.15, -0.1) is 6.58 Å². The summed E-state index contributed by atoms with van der Waals surface area (Å²) >= 11 is 0. The molecule has 2 heterocycles. The summed E-state index contributed by atoms with van der Waals surface area (Å²) in [6.07, 6.45) is -0.309. The van der Waals surface area contributed by atoms with Crippen molar-refractivity contribution in [1.82, 2.24) is 0 Å². The monoisotopic (exact) mass is 394 g/mol. The lowest BCUT2D eigenvalue weighted by atomic mass is 9.98. The van der Waals surface area contributed by atoms with Gasteiger partial charge in [0.1, 0.15) is 18.3 Å². The average Bonchev–Trinajstić information content (AvgIpc) is 2.72. The number of hydrogen-bond donors (Lipinski definition) is 0. The van der Waals surface area contributed by atoms with E-state index in [2.05, 4.69) is 6.58 Å². The molecule has 0 N–H and O–H groups in total. The number of ether oxygens (including phenoxy) is 7. The standard InChI is InChI=1S/C21H30O7/c1-6-12-24-19-18(25-13-15-10-8-7-9-11-15)17-16(14-26-19)27-20(2,22-4)21(3,23-5)28-17/h6-11,16-19H,1,12-14H2,2-5H3/t16-,17+,18-,19+,20+,21+/m1/s1. The minimum absolute atomic E-state index is 0.288. The Balaban J connectivity index is 1.82. The van der Waals surface area contributed by atoms with Crippen LogP contribution in [0.5, 0.6) is 0 Å². The molecule has 2 fully saturated rings. The van der Waals surface area contributed by atoms with Gasteiger partial charge in [-0.2, -0.15) is 0 Å². The van der Waals surface area contributed by atoms with Crippen LogP contribution in [0.25, 0.3) is 0 Å². The zero-order valence-electron chi connectivity index (χ0n) is 17.0. The molecule has 2 aliphatic rings. The van der Waals surface area contributed by atoms with E-state index >= 15 is 0 Å². The van der Waals surface area contributed by atoms with Crippen LogP contribution in [-0.2, 0) is 39.8 Å². The third-order valence-electron chi connectivity index (χ3n) is 5.39. The van der Waals surface area contributed by atoms with E-state index in [-0.39, 0.29) is 6.61 Å². The molecule has 2 saturated heterocycles. The smallest absolute Gasteiger partial charge is 0.220 e. The van der Waals surface area contributed by atoms with Crippen LogP contribution in [0.3, 0.4) is 0 Å². The van der Waals surface area contributed by atoms with Crippen LogP contribution in [0, 0.1) is 0 Å². The zero-order chi connectivity index (χ0) is 20.2. The molecule has 0 aliphatic carbocycles. The molecule has 2 aliphatic heterocycles. The molecule has 156 valence electrons. The molecule has 6 atom stereocenters. The lowest BCUT2D eigenvalue weighted by molar-refractivity contribution is -0.473. The molecule has 0 amide bonds. The van der Waals surface area contributed by atoms with Gasteiger partial charge in [-0.3, -0.25) is 0 Å². The first-order chi connectivity index (χ1) is 13.5. The molecule has 0 bridgehead atoms. The normalized spacial score (nSPS) is 38.0. The summed E-state index contributed by atoms with van der Waals surface area (Å²) in [4.78, 5) is 0. The first kappa shape index (κ1) is 21.4. The van der Waals surface area contributed by atoms with Crippen molar-refractivity contribution in [3.8, 4) is 0 Å². The topological polar surface area (TPSA) is 64.6 Å². The molecule has 7 heteroatoms. The Hall–Kier alpha value is -1.32. The van der Waals surface area contributed by atoms with E-state index in [0.29, 0.717) is 13.2 Å². The summed E-state index contributed by atoms with van der Waals surface area (Å²) in [6.45, 7) is 8.29. The van der Waals surface area contributed by atoms with Crippen LogP contribution in [-0.4, -0.2) is 63.6 Å². The van der Waals surface area contributed by atoms with Gasteiger partial charge >= 0.3 is 0 Å². The van der Waals surface area contributed by atoms with E-state index in [1.54, 1.807) is 34.1 Å². The summed E-state index contributed by atoms with van der Waals surface area (Å²) in [5.74, 6) is -2.22. The van der Waals surface area contributed by atoms with Gasteiger partial charge in [0.2, 0.25) is 11.6 Å². The van der Waals surface area contributed by atoms with E-state index < -0.39 is 36.2 Å². The summed E-state index contributed by atoms with van der Waals surface area (Å²) in [5, 5.41) is 0. The van der Waals surface area contributed by atoms with Crippen molar-refractivity contribution in [3.05, 3.63) is 48.6 Å². The Morgan fingerprint density at radius 2 is 1.75 bits per heavy atom. The summed E-state index contributed by atoms with van der Waals surface area (Å²) in [7, 11) is 3.12. The molecule has 7 nitrogen and oxygen atoms in total. The van der Waals surface area contributed by atoms with Crippen LogP contribution in [0.15, 0.2) is 43.0 Å². The zero-order valence-corrected chi connectivity index (χ0v) is 17.0. The fourth-order valence-corrected chi connectivity index (χ4v) is 3.47. The van der Waals surface area contributed by atoms with Gasteiger partial charge in [-0.1, -0.05) is 36.4 Å². The van der Waals surface area contributed by atoms with Gasteiger partial charge in [-0.05, 0) is 19.4 Å². The van der Waals surface area contributed by atoms with Crippen molar-refractivity contribution < 1.29 is 33.2 Å². The first-order valence-corrected chi connectivity index (χ1v) is 9.42. The number of rotatable bonds is 8. The predicted molar refractivity (Wildman–Crippen MR) is 101 cm³/mol. The molecule has 0 saturated carbocycles. The molecule has 1 aromatic carbocycles. The van der Waals surface area contributed by atoms with Crippen LogP contribution < -0.4 is 0 Å². The fraction of sp³-hybridized carbons (Fsp3) is 0.619. The maximum absolute atomic E-state index is 6.36. The number of hydrogen-bond acceptors (Lipinski definition) is 7. The van der Waals surface area contributed by atoms with E-state index in [9.17, 15) is 0 Å². The van der Waals surface area contributed by atoms with Crippen LogP contribution >= 0.6 is 0 Å². The number of methoxy groups -OCH3 is 2. The average molecular weight is 394 g/mol. The molecule has 0 radical (unpaired) electrons. The maximum atomic E-state index is 6.36. The van der Waals surface area contributed by atoms with E-state index in [1.165, 1.54) is 0 Å². The second kappa shape index (κ2) is 9.00. The Morgan fingerprint density at radius 1 is 1.07 bits per heavy atom. The molecule has 1 aromatic rings. The van der Waals surface area contributed by atoms with E-state index in [0.717, 1.165) is 5.56 Å². The SMILES string of the molecule is C=CCO[C@H]1OC[C@H]2O[C@](C)(OC)[C@@](C)(OC)O[C@@H]2[C@H]1OCc1ccccc1. The number of fused-ring (bicyclic) bond motifs is 1. The van der Waals surface area contributed by atoms with Crippen LogP contribution in [0.4, 0.5) is 0 Å². The Morgan fingerprint density at radius 3 is 2.39 bits per heavy atom. The van der Waals surface area contributed by atoms with Crippen molar-refractivity contribution in [2.45, 2.75) is 56.6 Å². The quantitative estimate of drug-likeness (QED) is 0.628. The minimum Gasteiger partial charge on any atom is -0.365 e. The molecule has 3 rings (SSSR count). The lowest BCUT2D eigenvalue weighted by Gasteiger charge is -2.55. The third kappa shape index (κ3) is 4.16. The van der Waals surface area contributed by atoms with Crippen molar-refractivity contribution in [3.63, 3.8) is 0 Å². The van der Waals surface area contributed by atoms with Gasteiger partial charge in [0.05, 0.1) is 19.8 Å². The second-order valence-electron chi connectivity index (χ2n) is 7.12. The predicted octanol–water partition coefficient (Wildman–Crippen LogP) is 2.64. The highest BCUT2D eigenvalue weighted by Crippen LogP contribution is 2.42. The molecule has 0 spiro atoms. The highest BCUT2D eigenvalue weighted by molar-refractivity contribution is 5.13. The Kier molecular flexibility index (Phi) is 6.88. The van der Waals surface area contributed by atoms with E-state index in [1.807, 2.05) is 30.3 Å². The molecular formula is C21H30O7. The van der Waals surface area contributed by atoms with E-state index in [4.69, 9.17) is 33.2 Å². The largest absolute Gasteiger partial charge is 0.365 e. The molecular weight excluding hydrogens is 364 g/mol. The van der Waals surface area contributed by atoms with Crippen molar-refractivity contribution in [2.75, 3.05) is 27.4 Å². The van der Waals surface area contributed by atoms with Gasteiger partial charge in [0.25, 0.3) is 0 Å². The van der Waals surface area contributed by atoms with Gasteiger partial charge in [-0.25, -0.2) is 0 Å². The van der Waals surface area contributed by atoms with Crippen LogP contribution in [0.2, 0.25) is 0 Å². The lowest BCUT2D eigenvalue weighted by Crippen LogP contribution is -2.71. The molecule has 0 unspecified atom stereocenters. The van der Waals surface area contributed by atoms with Crippen molar-refractivity contribution in [2.24, 2.45) is 0 Å². The molecule has 28 heavy (non-hydrogen) atoms. The summed E-state index contributed by atoms with van der Waals surface area (Å²) < 4.78 is 41.7. The van der Waals surface area contributed by atoms with Crippen molar-refractivity contribution >= 4 is 0 Å². The second-order valence-corrected chi connectivity index (χ2v) is 7.12. The fourth-order valence-electron chi connectivity index (χ4n) is 3.47. The first-order valence-electron chi connectivity index (χ1n) is 9.42. The van der Waals surface area contributed by atoms with Gasteiger partial charge < -0.3 is 33.2 Å². The van der Waals surface area contributed by atoms with Gasteiger partial charge in [0, 0.05) is 14.2 Å². The molecule has 0 aromatic heterocycles. The minimum atomic E-state index is -1.13. The summed E-state index contributed by atoms with van der Waals surface area (Å²) in [6, 6.07) is 9.90. The van der Waals surface area contributed by atoms with Crippen LogP contribution in [0.1, 0.15) is 19.4 Å².